The lowest BCUT2D eigenvalue weighted by Crippen LogP contribution is -2.31. The number of alkyl halides is 1. The van der Waals surface area contributed by atoms with E-state index in [0.717, 1.165) is 16.8 Å². The van der Waals surface area contributed by atoms with Crippen LogP contribution in [-0.4, -0.2) is 11.8 Å². The highest BCUT2D eigenvalue weighted by atomic mass is 19.2. The summed E-state index contributed by atoms with van der Waals surface area (Å²) >= 11 is 0. The van der Waals surface area contributed by atoms with Crippen molar-refractivity contribution in [3.05, 3.63) is 65.7 Å². The predicted molar refractivity (Wildman–Crippen MR) is 78.1 cm³/mol. The van der Waals surface area contributed by atoms with Crippen LogP contribution in [-0.2, 0) is 4.74 Å². The smallest absolute Gasteiger partial charge is 0.254 e. The van der Waals surface area contributed by atoms with Gasteiger partial charge in [-0.05, 0) is 23.8 Å². The molecule has 0 aromatic heterocycles. The van der Waals surface area contributed by atoms with Gasteiger partial charge < -0.3 is 4.74 Å². The molecule has 0 radical (unpaired) electrons. The van der Waals surface area contributed by atoms with Gasteiger partial charge in [-0.3, -0.25) is 0 Å². The molecule has 0 N–H and O–H groups in total. The molecule has 102 valence electrons. The van der Waals surface area contributed by atoms with Crippen LogP contribution in [0.3, 0.4) is 0 Å². The molecule has 1 aliphatic rings. The second kappa shape index (κ2) is 4.75. The maximum Gasteiger partial charge on any atom is 0.254 e. The number of para-hydroxylation sites is 1. The Kier molecular flexibility index (Phi) is 3.05. The van der Waals surface area contributed by atoms with Crippen molar-refractivity contribution in [3.63, 3.8) is 0 Å². The Bertz CT molecular complexity index is 649. The molecule has 0 fully saturated rings. The van der Waals surface area contributed by atoms with Crippen LogP contribution in [0, 0.1) is 0 Å². The summed E-state index contributed by atoms with van der Waals surface area (Å²) in [6.07, 6.45) is 0. The van der Waals surface area contributed by atoms with Gasteiger partial charge in [0.15, 0.2) is 0 Å². The molecule has 20 heavy (non-hydrogen) atoms. The summed E-state index contributed by atoms with van der Waals surface area (Å²) in [4.78, 5) is 4.51. The van der Waals surface area contributed by atoms with E-state index in [1.165, 1.54) is 6.92 Å². The molecular formula is C17H16FNO. The van der Waals surface area contributed by atoms with E-state index in [-0.39, 0.29) is 5.92 Å². The van der Waals surface area contributed by atoms with Crippen LogP contribution in [0.15, 0.2) is 59.6 Å². The highest BCUT2D eigenvalue weighted by molar-refractivity contribution is 5.96. The summed E-state index contributed by atoms with van der Waals surface area (Å²) in [6, 6.07) is 17.0. The van der Waals surface area contributed by atoms with E-state index in [9.17, 15) is 4.39 Å². The third-order valence-corrected chi connectivity index (χ3v) is 3.72. The number of rotatable bonds is 1. The number of hydrogen-bond acceptors (Lipinski definition) is 2. The SMILES string of the molecule is CC1c2ccccc2N=C(c2ccccc2)OC1(C)F. The van der Waals surface area contributed by atoms with Gasteiger partial charge in [-0.25, -0.2) is 4.99 Å². The lowest BCUT2D eigenvalue weighted by atomic mass is 9.93. The van der Waals surface area contributed by atoms with Gasteiger partial charge in [-0.1, -0.05) is 43.3 Å². The number of aliphatic imine (C=N–C) groups is 1. The molecule has 0 saturated heterocycles. The van der Waals surface area contributed by atoms with E-state index in [1.54, 1.807) is 0 Å². The summed E-state index contributed by atoms with van der Waals surface area (Å²) in [5.74, 6) is -1.85. The fraction of sp³-hybridized carbons (Fsp3) is 0.235. The standard InChI is InChI=1S/C17H16FNO/c1-12-14-10-6-7-11-15(14)19-16(20-17(12,2)18)13-8-4-3-5-9-13/h3-12H,1-2H3. The Morgan fingerprint density at radius 3 is 2.45 bits per heavy atom. The van der Waals surface area contributed by atoms with Gasteiger partial charge >= 0.3 is 0 Å². The maximum absolute atomic E-state index is 14.8. The van der Waals surface area contributed by atoms with Gasteiger partial charge in [0.2, 0.25) is 5.90 Å². The van der Waals surface area contributed by atoms with Crippen LogP contribution < -0.4 is 0 Å². The molecule has 2 nitrogen and oxygen atoms in total. The Morgan fingerprint density at radius 2 is 1.70 bits per heavy atom. The van der Waals surface area contributed by atoms with Crippen LogP contribution in [0.25, 0.3) is 0 Å². The number of halogens is 1. The van der Waals surface area contributed by atoms with Crippen molar-refractivity contribution >= 4 is 11.6 Å². The zero-order valence-electron chi connectivity index (χ0n) is 11.5. The number of fused-ring (bicyclic) bond motifs is 1. The van der Waals surface area contributed by atoms with Crippen LogP contribution in [0.1, 0.15) is 30.9 Å². The highest BCUT2D eigenvalue weighted by Gasteiger charge is 2.38. The van der Waals surface area contributed by atoms with Crippen molar-refractivity contribution in [2.75, 3.05) is 0 Å². The van der Waals surface area contributed by atoms with Crippen LogP contribution in [0.5, 0.6) is 0 Å². The predicted octanol–water partition coefficient (Wildman–Crippen LogP) is 4.58. The monoisotopic (exact) mass is 269 g/mol. The van der Waals surface area contributed by atoms with Gasteiger partial charge in [-0.2, -0.15) is 4.39 Å². The number of benzene rings is 2. The molecule has 2 atom stereocenters. The van der Waals surface area contributed by atoms with E-state index in [4.69, 9.17) is 4.74 Å². The minimum atomic E-state index is -1.79. The summed E-state index contributed by atoms with van der Waals surface area (Å²) in [5.41, 5.74) is 2.41. The lowest BCUT2D eigenvalue weighted by molar-refractivity contribution is -0.0728. The normalized spacial score (nSPS) is 25.1. The Labute approximate surface area is 117 Å². The molecule has 2 aromatic rings. The highest BCUT2D eigenvalue weighted by Crippen LogP contribution is 2.40. The third kappa shape index (κ3) is 2.20. The van der Waals surface area contributed by atoms with Crippen LogP contribution in [0.4, 0.5) is 10.1 Å². The summed E-state index contributed by atoms with van der Waals surface area (Å²) in [6.45, 7) is 3.28. The van der Waals surface area contributed by atoms with Crippen molar-refractivity contribution in [3.8, 4) is 0 Å². The first-order valence-corrected chi connectivity index (χ1v) is 6.69. The molecule has 2 unspecified atom stereocenters. The van der Waals surface area contributed by atoms with Crippen molar-refractivity contribution in [1.82, 2.24) is 0 Å². The first-order chi connectivity index (χ1) is 9.58. The van der Waals surface area contributed by atoms with Crippen molar-refractivity contribution < 1.29 is 9.13 Å². The Balaban J connectivity index is 2.16. The van der Waals surface area contributed by atoms with Crippen LogP contribution >= 0.6 is 0 Å². The second-order valence-electron chi connectivity index (χ2n) is 5.15. The van der Waals surface area contributed by atoms with Gasteiger partial charge in [0.25, 0.3) is 5.85 Å². The molecule has 0 spiro atoms. The molecule has 3 heteroatoms. The fourth-order valence-electron chi connectivity index (χ4n) is 2.35. The minimum Gasteiger partial charge on any atom is -0.440 e. The first kappa shape index (κ1) is 12.9. The van der Waals surface area contributed by atoms with Gasteiger partial charge in [0, 0.05) is 12.5 Å². The zero-order chi connectivity index (χ0) is 14.2. The molecule has 1 aliphatic heterocycles. The Hall–Kier alpha value is -2.16. The average Bonchev–Trinajstić information content (AvgIpc) is 2.56. The molecule has 2 aromatic carbocycles. The van der Waals surface area contributed by atoms with E-state index < -0.39 is 5.85 Å². The molecule has 0 bridgehead atoms. The quantitative estimate of drug-likeness (QED) is 0.742. The summed E-state index contributed by atoms with van der Waals surface area (Å²) in [7, 11) is 0. The molecular weight excluding hydrogens is 253 g/mol. The van der Waals surface area contributed by atoms with Gasteiger partial charge in [0.1, 0.15) is 0 Å². The molecule has 0 saturated carbocycles. The maximum atomic E-state index is 14.8. The van der Waals surface area contributed by atoms with E-state index in [1.807, 2.05) is 61.5 Å². The van der Waals surface area contributed by atoms with Gasteiger partial charge in [-0.15, -0.1) is 0 Å². The summed E-state index contributed by atoms with van der Waals surface area (Å²) < 4.78 is 20.4. The minimum absolute atomic E-state index is 0.326. The van der Waals surface area contributed by atoms with E-state index >= 15 is 0 Å². The average molecular weight is 269 g/mol. The largest absolute Gasteiger partial charge is 0.440 e. The van der Waals surface area contributed by atoms with Crippen molar-refractivity contribution in [2.45, 2.75) is 25.6 Å². The number of hydrogen-bond donors (Lipinski definition) is 0. The number of nitrogens with zero attached hydrogens (tertiary/aromatic N) is 1. The number of ether oxygens (including phenoxy) is 1. The third-order valence-electron chi connectivity index (χ3n) is 3.72. The summed E-state index contributed by atoms with van der Waals surface area (Å²) in [5, 5.41) is 0. The Morgan fingerprint density at radius 1 is 1.05 bits per heavy atom. The topological polar surface area (TPSA) is 21.6 Å². The molecule has 0 aliphatic carbocycles. The molecule has 3 rings (SSSR count). The second-order valence-corrected chi connectivity index (χ2v) is 5.15. The van der Waals surface area contributed by atoms with E-state index in [2.05, 4.69) is 4.99 Å². The van der Waals surface area contributed by atoms with Crippen LogP contribution in [0.2, 0.25) is 0 Å². The van der Waals surface area contributed by atoms with E-state index in [0.29, 0.717) is 5.90 Å². The fourth-order valence-corrected chi connectivity index (χ4v) is 2.35. The van der Waals surface area contributed by atoms with Crippen molar-refractivity contribution in [1.29, 1.82) is 0 Å². The molecule has 1 heterocycles. The zero-order valence-corrected chi connectivity index (χ0v) is 11.5. The lowest BCUT2D eigenvalue weighted by Gasteiger charge is -2.27. The van der Waals surface area contributed by atoms with Gasteiger partial charge in [0.05, 0.1) is 11.6 Å². The van der Waals surface area contributed by atoms with Crippen molar-refractivity contribution in [2.24, 2.45) is 4.99 Å². The first-order valence-electron chi connectivity index (χ1n) is 6.69. The molecule has 0 amide bonds.